The standard InChI is InChI=1S/C54H31N3S3/c1-2-9-32(10-3-1)44-13-8-16-53(55-44)57-46-14-6-4-11-38(46)39-27-33(17-22-47(39)57)34-18-23-48-40(28-34)41-29-35(19-24-49(41)58-48)36-20-25-50-42(30-36)43-31-37(21-26-51(43)59-50)54-56-45-12-5-7-15-52(45)60-54/h1-31H. The van der Waals surface area contributed by atoms with E-state index in [0.29, 0.717) is 0 Å². The summed E-state index contributed by atoms with van der Waals surface area (Å²) in [6.45, 7) is 0. The second-order valence-corrected chi connectivity index (χ2v) is 18.6. The van der Waals surface area contributed by atoms with Gasteiger partial charge in [0.05, 0.1) is 26.9 Å². The van der Waals surface area contributed by atoms with Crippen molar-refractivity contribution >= 4 is 106 Å². The second-order valence-electron chi connectivity index (χ2n) is 15.4. The lowest BCUT2D eigenvalue weighted by Gasteiger charge is -2.10. The Labute approximate surface area is 356 Å². The van der Waals surface area contributed by atoms with Gasteiger partial charge >= 0.3 is 0 Å². The molecule has 13 rings (SSSR count). The Hall–Kier alpha value is -6.96. The Kier molecular flexibility index (Phi) is 7.52. The van der Waals surface area contributed by atoms with Crippen molar-refractivity contribution in [3.8, 4) is 49.9 Å². The summed E-state index contributed by atoms with van der Waals surface area (Å²) in [6.07, 6.45) is 0. The van der Waals surface area contributed by atoms with Crippen LogP contribution in [0.1, 0.15) is 0 Å². The van der Waals surface area contributed by atoms with Crippen LogP contribution in [0.25, 0.3) is 122 Å². The van der Waals surface area contributed by atoms with Gasteiger partial charge in [0.25, 0.3) is 0 Å². The molecule has 5 heterocycles. The summed E-state index contributed by atoms with van der Waals surface area (Å²) in [6, 6.07) is 68.4. The highest BCUT2D eigenvalue weighted by Gasteiger charge is 2.17. The number of pyridine rings is 1. The Balaban J connectivity index is 0.895. The number of rotatable bonds is 5. The lowest BCUT2D eigenvalue weighted by Crippen LogP contribution is -1.98. The fraction of sp³-hybridized carbons (Fsp3) is 0. The number of fused-ring (bicyclic) bond motifs is 10. The fourth-order valence-electron chi connectivity index (χ4n) is 8.94. The first-order chi connectivity index (χ1) is 29.7. The molecule has 280 valence electrons. The van der Waals surface area contributed by atoms with E-state index in [2.05, 4.69) is 187 Å². The van der Waals surface area contributed by atoms with Crippen molar-refractivity contribution in [2.75, 3.05) is 0 Å². The molecule has 8 aromatic carbocycles. The molecule has 0 N–H and O–H groups in total. The minimum absolute atomic E-state index is 0.915. The summed E-state index contributed by atoms with van der Waals surface area (Å²) in [7, 11) is 0. The highest BCUT2D eigenvalue weighted by Crippen LogP contribution is 2.43. The van der Waals surface area contributed by atoms with Crippen molar-refractivity contribution in [3.05, 3.63) is 188 Å². The summed E-state index contributed by atoms with van der Waals surface area (Å²) in [5.74, 6) is 0.915. The monoisotopic (exact) mass is 817 g/mol. The van der Waals surface area contributed by atoms with Crippen LogP contribution in [0.3, 0.4) is 0 Å². The molecule has 0 radical (unpaired) electrons. The SMILES string of the molecule is c1ccc(-c2cccc(-n3c4ccccc4c4cc(-c5ccc6sc7ccc(-c8ccc9sc%10ccc(-c%11nc%12ccccc%12s%11)cc%10c9c8)cc7c6c5)ccc43)n2)cc1. The predicted octanol–water partition coefficient (Wildman–Crippen LogP) is 16.2. The number of benzene rings is 8. The van der Waals surface area contributed by atoms with Crippen molar-refractivity contribution in [3.63, 3.8) is 0 Å². The van der Waals surface area contributed by atoms with Crippen molar-refractivity contribution in [1.82, 2.24) is 14.5 Å². The Morgan fingerprint density at radius 1 is 0.317 bits per heavy atom. The zero-order chi connectivity index (χ0) is 39.3. The Bertz CT molecular complexity index is 3810. The molecular formula is C54H31N3S3. The topological polar surface area (TPSA) is 30.7 Å². The molecule has 0 bridgehead atoms. The van der Waals surface area contributed by atoms with Crippen LogP contribution in [0.15, 0.2) is 188 Å². The van der Waals surface area contributed by atoms with Gasteiger partial charge in [0.2, 0.25) is 0 Å². The Morgan fingerprint density at radius 2 is 0.850 bits per heavy atom. The van der Waals surface area contributed by atoms with Gasteiger partial charge in [-0.05, 0) is 113 Å². The first-order valence-corrected chi connectivity index (χ1v) is 22.5. The lowest BCUT2D eigenvalue weighted by atomic mass is 9.98. The van der Waals surface area contributed by atoms with Gasteiger partial charge in [-0.2, -0.15) is 0 Å². The van der Waals surface area contributed by atoms with Crippen LogP contribution in [0, 0.1) is 0 Å². The summed E-state index contributed by atoms with van der Waals surface area (Å²) in [4.78, 5) is 10.1. The first-order valence-electron chi connectivity index (χ1n) is 20.0. The summed E-state index contributed by atoms with van der Waals surface area (Å²) in [5, 5.41) is 8.68. The van der Waals surface area contributed by atoms with E-state index >= 15 is 0 Å². The molecule has 0 unspecified atom stereocenters. The molecule has 0 saturated heterocycles. The second kappa shape index (κ2) is 13.3. The predicted molar refractivity (Wildman–Crippen MR) is 259 cm³/mol. The number of thiazole rings is 1. The molecule has 0 saturated carbocycles. The molecule has 0 aliphatic heterocycles. The van der Waals surface area contributed by atoms with Gasteiger partial charge in [0.15, 0.2) is 0 Å². The van der Waals surface area contributed by atoms with Gasteiger partial charge < -0.3 is 0 Å². The fourth-order valence-corrected chi connectivity index (χ4v) is 12.0. The van der Waals surface area contributed by atoms with Gasteiger partial charge in [-0.15, -0.1) is 34.0 Å². The number of hydrogen-bond acceptors (Lipinski definition) is 5. The van der Waals surface area contributed by atoms with Crippen molar-refractivity contribution in [1.29, 1.82) is 0 Å². The van der Waals surface area contributed by atoms with Gasteiger partial charge in [0.1, 0.15) is 10.8 Å². The van der Waals surface area contributed by atoms with Crippen LogP contribution in [-0.2, 0) is 0 Å². The molecule has 3 nitrogen and oxygen atoms in total. The molecular weight excluding hydrogens is 787 g/mol. The van der Waals surface area contributed by atoms with Crippen molar-refractivity contribution < 1.29 is 0 Å². The summed E-state index contributed by atoms with van der Waals surface area (Å²) in [5.41, 5.74) is 11.5. The maximum atomic E-state index is 5.16. The highest BCUT2D eigenvalue weighted by molar-refractivity contribution is 7.26. The van der Waals surface area contributed by atoms with E-state index in [1.165, 1.54) is 83.6 Å². The largest absolute Gasteiger partial charge is 0.294 e. The molecule has 0 atom stereocenters. The van der Waals surface area contributed by atoms with Gasteiger partial charge in [-0.3, -0.25) is 4.57 Å². The number of nitrogens with zero attached hydrogens (tertiary/aromatic N) is 3. The van der Waals surface area contributed by atoms with E-state index in [9.17, 15) is 0 Å². The molecule has 6 heteroatoms. The molecule has 0 amide bonds. The number of thiophene rings is 2. The first kappa shape index (κ1) is 34.0. The molecule has 5 aromatic heterocycles. The highest BCUT2D eigenvalue weighted by atomic mass is 32.1. The molecule has 0 spiro atoms. The van der Waals surface area contributed by atoms with Crippen LogP contribution >= 0.6 is 34.0 Å². The maximum absolute atomic E-state index is 5.16. The van der Waals surface area contributed by atoms with Gasteiger partial charge in [0, 0.05) is 62.2 Å². The third-order valence-electron chi connectivity index (χ3n) is 11.9. The van der Waals surface area contributed by atoms with Crippen molar-refractivity contribution in [2.24, 2.45) is 0 Å². The van der Waals surface area contributed by atoms with Gasteiger partial charge in [-0.1, -0.05) is 97.1 Å². The van der Waals surface area contributed by atoms with E-state index in [1.54, 1.807) is 11.3 Å². The quantitative estimate of drug-likeness (QED) is 0.173. The normalized spacial score (nSPS) is 12.0. The molecule has 0 aliphatic carbocycles. The smallest absolute Gasteiger partial charge is 0.138 e. The van der Waals surface area contributed by atoms with E-state index in [4.69, 9.17) is 9.97 Å². The number of aromatic nitrogens is 3. The summed E-state index contributed by atoms with van der Waals surface area (Å²) >= 11 is 5.49. The zero-order valence-corrected chi connectivity index (χ0v) is 34.4. The van der Waals surface area contributed by atoms with Crippen LogP contribution in [0.2, 0.25) is 0 Å². The van der Waals surface area contributed by atoms with E-state index in [1.807, 2.05) is 28.7 Å². The van der Waals surface area contributed by atoms with E-state index in [0.717, 1.165) is 38.6 Å². The zero-order valence-electron chi connectivity index (χ0n) is 32.0. The summed E-state index contributed by atoms with van der Waals surface area (Å²) < 4.78 is 8.73. The number of para-hydroxylation sites is 2. The maximum Gasteiger partial charge on any atom is 0.138 e. The van der Waals surface area contributed by atoms with E-state index < -0.39 is 0 Å². The number of hydrogen-bond donors (Lipinski definition) is 0. The molecule has 13 aromatic rings. The average molecular weight is 818 g/mol. The average Bonchev–Trinajstić information content (AvgIpc) is 4.09. The Morgan fingerprint density at radius 3 is 1.52 bits per heavy atom. The van der Waals surface area contributed by atoms with Crippen molar-refractivity contribution in [2.45, 2.75) is 0 Å². The molecule has 60 heavy (non-hydrogen) atoms. The van der Waals surface area contributed by atoms with Crippen LogP contribution < -0.4 is 0 Å². The molecule has 0 fully saturated rings. The van der Waals surface area contributed by atoms with Crippen LogP contribution in [-0.4, -0.2) is 14.5 Å². The minimum atomic E-state index is 0.915. The van der Waals surface area contributed by atoms with Crippen LogP contribution in [0.5, 0.6) is 0 Å². The van der Waals surface area contributed by atoms with Crippen LogP contribution in [0.4, 0.5) is 0 Å². The molecule has 0 aliphatic rings. The van der Waals surface area contributed by atoms with Gasteiger partial charge in [-0.25, -0.2) is 9.97 Å². The lowest BCUT2D eigenvalue weighted by molar-refractivity contribution is 1.08. The third-order valence-corrected chi connectivity index (χ3v) is 15.2. The third kappa shape index (κ3) is 5.39. The van der Waals surface area contributed by atoms with E-state index in [-0.39, 0.29) is 0 Å². The minimum Gasteiger partial charge on any atom is -0.294 e.